The van der Waals surface area contributed by atoms with Gasteiger partial charge in [-0.15, -0.1) is 0 Å². The van der Waals surface area contributed by atoms with Crippen molar-refractivity contribution in [3.63, 3.8) is 0 Å². The molecule has 4 atom stereocenters. The van der Waals surface area contributed by atoms with Gasteiger partial charge in [-0.25, -0.2) is 4.79 Å². The van der Waals surface area contributed by atoms with Crippen molar-refractivity contribution in [2.75, 3.05) is 25.0 Å². The topological polar surface area (TPSA) is 113 Å². The number of aliphatic hydroxyl groups is 2. The van der Waals surface area contributed by atoms with Crippen LogP contribution >= 0.6 is 0 Å². The summed E-state index contributed by atoms with van der Waals surface area (Å²) < 4.78 is 19.0. The van der Waals surface area contributed by atoms with Gasteiger partial charge in [0.15, 0.2) is 6.29 Å². The number of hydrogen-bond acceptors (Lipinski definition) is 7. The highest BCUT2D eigenvalue weighted by atomic mass is 16.7. The van der Waals surface area contributed by atoms with E-state index >= 15 is 0 Å². The highest BCUT2D eigenvalue weighted by Crippen LogP contribution is 2.39. The number of hydrogen-bond donors (Lipinski definition) is 4. The number of anilines is 1. The first kappa shape index (κ1) is 35.4. The van der Waals surface area contributed by atoms with Crippen LogP contribution in [0.3, 0.4) is 0 Å². The zero-order valence-corrected chi connectivity index (χ0v) is 29.1. The zero-order chi connectivity index (χ0) is 35.7. The van der Waals surface area contributed by atoms with Gasteiger partial charge in [-0.05, 0) is 83.6 Å². The molecule has 7 rings (SSSR count). The molecule has 4 N–H and O–H groups in total. The summed E-state index contributed by atoms with van der Waals surface area (Å²) in [5, 5.41) is 25.4. The summed E-state index contributed by atoms with van der Waals surface area (Å²) in [5.74, 6) is 1.43. The second kappa shape index (κ2) is 17.0. The Morgan fingerprint density at radius 1 is 0.788 bits per heavy atom. The van der Waals surface area contributed by atoms with E-state index < -0.39 is 6.29 Å². The molecule has 0 aliphatic carbocycles. The predicted octanol–water partition coefficient (Wildman–Crippen LogP) is 7.96. The molecule has 2 aliphatic heterocycles. The smallest absolute Gasteiger partial charge is 0.319 e. The van der Waals surface area contributed by atoms with E-state index in [9.17, 15) is 15.0 Å². The Morgan fingerprint density at radius 2 is 1.50 bits per heavy atom. The van der Waals surface area contributed by atoms with Gasteiger partial charge in [0.1, 0.15) is 11.5 Å². The third-order valence-corrected chi connectivity index (χ3v) is 9.80. The average Bonchev–Trinajstić information content (AvgIpc) is 3.65. The lowest BCUT2D eigenvalue weighted by Gasteiger charge is -2.38. The highest BCUT2D eigenvalue weighted by Gasteiger charge is 2.35. The summed E-state index contributed by atoms with van der Waals surface area (Å²) in [4.78, 5) is 15.2. The molecule has 9 heteroatoms. The lowest BCUT2D eigenvalue weighted by atomic mass is 9.97. The number of urea groups is 1. The minimum atomic E-state index is -0.565. The van der Waals surface area contributed by atoms with Crippen LogP contribution in [0.4, 0.5) is 10.5 Å². The van der Waals surface area contributed by atoms with Gasteiger partial charge in [-0.1, -0.05) is 91.0 Å². The lowest BCUT2D eigenvalue weighted by Crippen LogP contribution is -2.42. The SMILES string of the molecule is O=C(NCc1ccccc1-c1ccc([C@@H]2O[C@H](CN3CCC[C@H]3CO)C[C@H](c3ccc(CO)cc3)O2)cc1)Nc1ccc(Oc2ccccc2)cc1. The normalized spacial score (nSPS) is 20.3. The predicted molar refractivity (Wildman–Crippen MR) is 201 cm³/mol. The molecule has 2 heterocycles. The van der Waals surface area contributed by atoms with Crippen LogP contribution in [0.15, 0.2) is 127 Å². The van der Waals surface area contributed by atoms with Crippen molar-refractivity contribution in [1.29, 1.82) is 0 Å². The number of para-hydroxylation sites is 1. The highest BCUT2D eigenvalue weighted by molar-refractivity contribution is 5.89. The molecule has 0 saturated carbocycles. The Morgan fingerprint density at radius 3 is 2.25 bits per heavy atom. The van der Waals surface area contributed by atoms with Gasteiger partial charge in [-0.2, -0.15) is 0 Å². The Labute approximate surface area is 304 Å². The van der Waals surface area contributed by atoms with Crippen molar-refractivity contribution < 1.29 is 29.2 Å². The molecule has 2 saturated heterocycles. The molecule has 0 spiro atoms. The number of nitrogens with one attached hydrogen (secondary N) is 2. The van der Waals surface area contributed by atoms with Gasteiger partial charge in [0.05, 0.1) is 25.4 Å². The van der Waals surface area contributed by atoms with Crippen molar-refractivity contribution in [2.45, 2.75) is 57.0 Å². The zero-order valence-electron chi connectivity index (χ0n) is 29.1. The first-order valence-corrected chi connectivity index (χ1v) is 18.0. The first-order chi connectivity index (χ1) is 25.5. The number of aliphatic hydroxyl groups excluding tert-OH is 2. The minimum absolute atomic E-state index is 0.00308. The van der Waals surface area contributed by atoms with Crippen LogP contribution < -0.4 is 15.4 Å². The molecule has 2 fully saturated rings. The van der Waals surface area contributed by atoms with Gasteiger partial charge in [0.25, 0.3) is 0 Å². The molecule has 0 aromatic heterocycles. The standard InChI is InChI=1S/C43H45N3O6/c47-28-30-12-14-32(15-13-30)41-25-39(27-46-24-6-8-36(46)29-48)51-42(52-41)33-18-16-31(17-19-33)40-11-5-4-7-34(40)26-44-43(49)45-35-20-22-38(23-21-35)50-37-9-2-1-3-10-37/h1-5,7,9-23,36,39,41-42,47-48H,6,8,24-29H2,(H2,44,45,49)/t36-,39-,41+,42+/m0/s1. The molecule has 2 aliphatic rings. The molecular weight excluding hydrogens is 654 g/mol. The van der Waals surface area contributed by atoms with Crippen molar-refractivity contribution in [2.24, 2.45) is 0 Å². The van der Waals surface area contributed by atoms with Gasteiger partial charge in [0, 0.05) is 36.8 Å². The molecule has 5 aromatic rings. The second-order valence-corrected chi connectivity index (χ2v) is 13.4. The van der Waals surface area contributed by atoms with Crippen LogP contribution in [0.25, 0.3) is 11.1 Å². The number of nitrogens with zero attached hydrogens (tertiary/aromatic N) is 1. The van der Waals surface area contributed by atoms with E-state index in [1.165, 1.54) is 0 Å². The van der Waals surface area contributed by atoms with Crippen molar-refractivity contribution in [3.05, 3.63) is 150 Å². The van der Waals surface area contributed by atoms with E-state index in [4.69, 9.17) is 14.2 Å². The molecule has 268 valence electrons. The van der Waals surface area contributed by atoms with Crippen LogP contribution in [0.2, 0.25) is 0 Å². The van der Waals surface area contributed by atoms with E-state index in [-0.39, 0.29) is 37.5 Å². The Hall–Kier alpha value is -5.03. The van der Waals surface area contributed by atoms with E-state index in [0.717, 1.165) is 65.1 Å². The number of amides is 2. The maximum Gasteiger partial charge on any atom is 0.319 e. The third kappa shape index (κ3) is 8.88. The van der Waals surface area contributed by atoms with E-state index in [1.807, 2.05) is 109 Å². The van der Waals surface area contributed by atoms with Crippen LogP contribution in [0, 0.1) is 0 Å². The quantitative estimate of drug-likeness (QED) is 0.105. The monoisotopic (exact) mass is 699 g/mol. The largest absolute Gasteiger partial charge is 0.457 e. The lowest BCUT2D eigenvalue weighted by molar-refractivity contribution is -0.253. The Bertz CT molecular complexity index is 1890. The molecule has 9 nitrogen and oxygen atoms in total. The van der Waals surface area contributed by atoms with Crippen molar-refractivity contribution in [1.82, 2.24) is 10.2 Å². The molecule has 0 bridgehead atoms. The molecule has 2 amide bonds. The summed E-state index contributed by atoms with van der Waals surface area (Å²) in [6.45, 7) is 2.18. The summed E-state index contributed by atoms with van der Waals surface area (Å²) >= 11 is 0. The Kier molecular flexibility index (Phi) is 11.6. The van der Waals surface area contributed by atoms with E-state index in [2.05, 4.69) is 33.7 Å². The Balaban J connectivity index is 1.00. The number of carbonyl (C=O) groups excluding carboxylic acids is 1. The fourth-order valence-corrected chi connectivity index (χ4v) is 6.99. The molecule has 0 radical (unpaired) electrons. The first-order valence-electron chi connectivity index (χ1n) is 18.0. The molecule has 5 aromatic carbocycles. The number of likely N-dealkylation sites (tertiary alicyclic amines) is 1. The van der Waals surface area contributed by atoms with Crippen LogP contribution in [-0.2, 0) is 22.6 Å². The van der Waals surface area contributed by atoms with Crippen LogP contribution in [0.5, 0.6) is 11.5 Å². The van der Waals surface area contributed by atoms with Gasteiger partial charge in [-0.3, -0.25) is 4.90 Å². The number of ether oxygens (including phenoxy) is 3. The van der Waals surface area contributed by atoms with Crippen LogP contribution in [-0.4, -0.2) is 53.0 Å². The summed E-state index contributed by atoms with van der Waals surface area (Å²) in [6.07, 6.45) is 1.95. The molecule has 52 heavy (non-hydrogen) atoms. The minimum Gasteiger partial charge on any atom is -0.457 e. The molecular formula is C43H45N3O6. The number of benzene rings is 5. The summed E-state index contributed by atoms with van der Waals surface area (Å²) in [7, 11) is 0. The fourth-order valence-electron chi connectivity index (χ4n) is 6.99. The number of rotatable bonds is 12. The maximum absolute atomic E-state index is 12.9. The number of carbonyl (C=O) groups is 1. The van der Waals surface area contributed by atoms with Gasteiger partial charge < -0.3 is 35.1 Å². The van der Waals surface area contributed by atoms with Gasteiger partial charge >= 0.3 is 6.03 Å². The summed E-state index contributed by atoms with van der Waals surface area (Å²) in [5.41, 5.74) is 6.51. The van der Waals surface area contributed by atoms with Crippen LogP contribution in [0.1, 0.15) is 53.9 Å². The van der Waals surface area contributed by atoms with E-state index in [0.29, 0.717) is 24.4 Å². The summed E-state index contributed by atoms with van der Waals surface area (Å²) in [6, 6.07) is 40.8. The average molecular weight is 700 g/mol. The fraction of sp³-hybridized carbons (Fsp3) is 0.279. The van der Waals surface area contributed by atoms with Gasteiger partial charge in [0.2, 0.25) is 0 Å². The van der Waals surface area contributed by atoms with Crippen molar-refractivity contribution in [3.8, 4) is 22.6 Å². The van der Waals surface area contributed by atoms with Crippen molar-refractivity contribution >= 4 is 11.7 Å². The third-order valence-electron chi connectivity index (χ3n) is 9.80. The maximum atomic E-state index is 12.9. The second-order valence-electron chi connectivity index (χ2n) is 13.4. The molecule has 0 unspecified atom stereocenters. The van der Waals surface area contributed by atoms with E-state index in [1.54, 1.807) is 0 Å².